The van der Waals surface area contributed by atoms with E-state index in [1.165, 1.54) is 0 Å². The Kier molecular flexibility index (Phi) is 3.27. The highest BCUT2D eigenvalue weighted by molar-refractivity contribution is 5.84. The number of hydrogen-bond acceptors (Lipinski definition) is 4. The predicted octanol–water partition coefficient (Wildman–Crippen LogP) is 1.60. The summed E-state index contributed by atoms with van der Waals surface area (Å²) in [4.78, 5) is 10.3. The van der Waals surface area contributed by atoms with Crippen molar-refractivity contribution in [3.8, 4) is 5.69 Å². The molecule has 0 unspecified atom stereocenters. The van der Waals surface area contributed by atoms with Gasteiger partial charge < -0.3 is 0 Å². The Labute approximate surface area is 100 Å². The van der Waals surface area contributed by atoms with Gasteiger partial charge in [0, 0.05) is 24.9 Å². The molecule has 0 aliphatic heterocycles. The van der Waals surface area contributed by atoms with Crippen LogP contribution in [0.5, 0.6) is 0 Å². The molecule has 0 amide bonds. The molecular weight excluding hydrogens is 214 g/mol. The van der Waals surface area contributed by atoms with Crippen molar-refractivity contribution in [1.29, 1.82) is 0 Å². The molecule has 0 radical (unpaired) electrons. The summed E-state index contributed by atoms with van der Waals surface area (Å²) in [5, 5.41) is 8.27. The molecule has 2 rings (SSSR count). The van der Waals surface area contributed by atoms with Crippen LogP contribution in [-0.2, 0) is 6.42 Å². The summed E-state index contributed by atoms with van der Waals surface area (Å²) >= 11 is 0. The van der Waals surface area contributed by atoms with E-state index < -0.39 is 0 Å². The lowest BCUT2D eigenvalue weighted by molar-refractivity contribution is 0.737. The molecule has 2 heterocycles. The molecule has 0 aliphatic rings. The molecule has 2 aromatic rings. The van der Waals surface area contributed by atoms with Gasteiger partial charge in [-0.15, -0.1) is 4.80 Å². The standard InChI is InChI=1S/C12H15N5/c1-9-4-5-12(17-14-6-7-15-17)11(16-9)8-10(2)13-3/h4-7H,8H2,1-3H3. The summed E-state index contributed by atoms with van der Waals surface area (Å²) in [6.07, 6.45) is 4.03. The van der Waals surface area contributed by atoms with Crippen molar-refractivity contribution < 1.29 is 0 Å². The average molecular weight is 229 g/mol. The Bertz CT molecular complexity index is 528. The normalized spacial score (nSPS) is 11.8. The Morgan fingerprint density at radius 3 is 2.65 bits per heavy atom. The van der Waals surface area contributed by atoms with Crippen LogP contribution in [-0.4, -0.2) is 32.7 Å². The molecule has 0 saturated carbocycles. The van der Waals surface area contributed by atoms with Crippen molar-refractivity contribution in [2.24, 2.45) is 4.99 Å². The third-order valence-electron chi connectivity index (χ3n) is 2.53. The second kappa shape index (κ2) is 4.86. The third kappa shape index (κ3) is 2.55. The SMILES string of the molecule is CN=C(C)Cc1nc(C)ccc1-n1nccn1. The minimum absolute atomic E-state index is 0.717. The van der Waals surface area contributed by atoms with Crippen molar-refractivity contribution in [1.82, 2.24) is 20.0 Å². The topological polar surface area (TPSA) is 56.0 Å². The number of aromatic nitrogens is 4. The van der Waals surface area contributed by atoms with E-state index in [2.05, 4.69) is 20.2 Å². The molecule has 88 valence electrons. The Hall–Kier alpha value is -2.04. The minimum Gasteiger partial charge on any atom is -0.297 e. The van der Waals surface area contributed by atoms with E-state index in [4.69, 9.17) is 0 Å². The van der Waals surface area contributed by atoms with E-state index in [1.54, 1.807) is 24.2 Å². The molecule has 0 N–H and O–H groups in total. The molecule has 2 aromatic heterocycles. The van der Waals surface area contributed by atoms with Crippen molar-refractivity contribution in [3.63, 3.8) is 0 Å². The Balaban J connectivity index is 2.45. The summed E-state index contributed by atoms with van der Waals surface area (Å²) in [5.74, 6) is 0. The Morgan fingerprint density at radius 2 is 2.00 bits per heavy atom. The zero-order valence-corrected chi connectivity index (χ0v) is 10.3. The fourth-order valence-electron chi connectivity index (χ4n) is 1.58. The molecule has 0 bridgehead atoms. The summed E-state index contributed by atoms with van der Waals surface area (Å²) in [7, 11) is 1.79. The molecule has 0 fully saturated rings. The molecule has 17 heavy (non-hydrogen) atoms. The zero-order valence-electron chi connectivity index (χ0n) is 10.3. The Morgan fingerprint density at radius 1 is 1.29 bits per heavy atom. The maximum absolute atomic E-state index is 4.54. The molecule has 0 spiro atoms. The first-order chi connectivity index (χ1) is 8.20. The molecule has 0 aromatic carbocycles. The van der Waals surface area contributed by atoms with E-state index in [9.17, 15) is 0 Å². The van der Waals surface area contributed by atoms with Gasteiger partial charge in [0.05, 0.1) is 18.1 Å². The van der Waals surface area contributed by atoms with Gasteiger partial charge in [0.1, 0.15) is 5.69 Å². The lowest BCUT2D eigenvalue weighted by atomic mass is 10.1. The number of aliphatic imine (C=N–C) groups is 1. The van der Waals surface area contributed by atoms with Crippen molar-refractivity contribution >= 4 is 5.71 Å². The van der Waals surface area contributed by atoms with Gasteiger partial charge in [-0.05, 0) is 26.0 Å². The van der Waals surface area contributed by atoms with Crippen molar-refractivity contribution in [2.45, 2.75) is 20.3 Å². The first kappa shape index (κ1) is 11.4. The quantitative estimate of drug-likeness (QED) is 0.751. The van der Waals surface area contributed by atoms with Gasteiger partial charge in [-0.3, -0.25) is 9.98 Å². The number of hydrogen-bond donors (Lipinski definition) is 0. The summed E-state index contributed by atoms with van der Waals surface area (Å²) in [6, 6.07) is 3.95. The van der Waals surface area contributed by atoms with Crippen LogP contribution in [0, 0.1) is 6.92 Å². The van der Waals surface area contributed by atoms with E-state index in [0.717, 1.165) is 29.2 Å². The van der Waals surface area contributed by atoms with Crippen LogP contribution < -0.4 is 0 Å². The third-order valence-corrected chi connectivity index (χ3v) is 2.53. The predicted molar refractivity (Wildman–Crippen MR) is 66.6 cm³/mol. The fraction of sp³-hybridized carbons (Fsp3) is 0.333. The highest BCUT2D eigenvalue weighted by Gasteiger charge is 2.09. The van der Waals surface area contributed by atoms with Crippen LogP contribution in [0.1, 0.15) is 18.3 Å². The van der Waals surface area contributed by atoms with E-state index >= 15 is 0 Å². The van der Waals surface area contributed by atoms with Gasteiger partial charge in [-0.1, -0.05) is 0 Å². The molecule has 0 aliphatic carbocycles. The van der Waals surface area contributed by atoms with Crippen LogP contribution in [0.15, 0.2) is 29.5 Å². The molecule has 0 saturated heterocycles. The fourth-order valence-corrected chi connectivity index (χ4v) is 1.58. The van der Waals surface area contributed by atoms with E-state index in [-0.39, 0.29) is 0 Å². The average Bonchev–Trinajstić information content (AvgIpc) is 2.82. The summed E-state index contributed by atoms with van der Waals surface area (Å²) < 4.78 is 0. The smallest absolute Gasteiger partial charge is 0.108 e. The first-order valence-corrected chi connectivity index (χ1v) is 5.46. The largest absolute Gasteiger partial charge is 0.297 e. The van der Waals surface area contributed by atoms with Crippen LogP contribution in [0.25, 0.3) is 5.69 Å². The van der Waals surface area contributed by atoms with Crippen molar-refractivity contribution in [2.75, 3.05) is 7.05 Å². The van der Waals surface area contributed by atoms with Gasteiger partial charge >= 0.3 is 0 Å². The number of rotatable bonds is 3. The summed E-state index contributed by atoms with van der Waals surface area (Å²) in [5.41, 5.74) is 3.88. The lowest BCUT2D eigenvalue weighted by Gasteiger charge is -2.08. The molecule has 5 heteroatoms. The first-order valence-electron chi connectivity index (χ1n) is 5.46. The lowest BCUT2D eigenvalue weighted by Crippen LogP contribution is -2.09. The van der Waals surface area contributed by atoms with Gasteiger partial charge in [0.15, 0.2) is 0 Å². The molecule has 5 nitrogen and oxygen atoms in total. The monoisotopic (exact) mass is 229 g/mol. The van der Waals surface area contributed by atoms with Gasteiger partial charge in [0.25, 0.3) is 0 Å². The van der Waals surface area contributed by atoms with Gasteiger partial charge in [-0.2, -0.15) is 10.2 Å². The zero-order chi connectivity index (χ0) is 12.3. The molecular formula is C12H15N5. The van der Waals surface area contributed by atoms with Crippen LogP contribution >= 0.6 is 0 Å². The highest BCUT2D eigenvalue weighted by atomic mass is 15.5. The van der Waals surface area contributed by atoms with Crippen LogP contribution in [0.4, 0.5) is 0 Å². The van der Waals surface area contributed by atoms with Crippen LogP contribution in [0.3, 0.4) is 0 Å². The van der Waals surface area contributed by atoms with E-state index in [0.29, 0.717) is 0 Å². The molecule has 0 atom stereocenters. The van der Waals surface area contributed by atoms with Gasteiger partial charge in [0.2, 0.25) is 0 Å². The van der Waals surface area contributed by atoms with Crippen LogP contribution in [0.2, 0.25) is 0 Å². The van der Waals surface area contributed by atoms with Gasteiger partial charge in [-0.25, -0.2) is 0 Å². The van der Waals surface area contributed by atoms with E-state index in [1.807, 2.05) is 26.0 Å². The maximum Gasteiger partial charge on any atom is 0.108 e. The number of pyridine rings is 1. The maximum atomic E-state index is 4.54. The second-order valence-corrected chi connectivity index (χ2v) is 3.87. The summed E-state index contributed by atoms with van der Waals surface area (Å²) in [6.45, 7) is 3.96. The minimum atomic E-state index is 0.717. The van der Waals surface area contributed by atoms with Crippen molar-refractivity contribution in [3.05, 3.63) is 35.9 Å². The number of nitrogens with zero attached hydrogens (tertiary/aromatic N) is 5. The highest BCUT2D eigenvalue weighted by Crippen LogP contribution is 2.12. The second-order valence-electron chi connectivity index (χ2n) is 3.87. The number of aryl methyl sites for hydroxylation is 1.